The Bertz CT molecular complexity index is 565. The molecule has 1 unspecified atom stereocenters. The maximum Gasteiger partial charge on any atom is 0.140 e. The minimum Gasteiger partial charge on any atom is -0.383 e. The van der Waals surface area contributed by atoms with Gasteiger partial charge in [-0.2, -0.15) is 0 Å². The maximum absolute atomic E-state index is 7.92. The van der Waals surface area contributed by atoms with Gasteiger partial charge >= 0.3 is 0 Å². The van der Waals surface area contributed by atoms with Crippen molar-refractivity contribution >= 4 is 17.3 Å². The molecular formula is C20H39N7. The Labute approximate surface area is 165 Å². The van der Waals surface area contributed by atoms with Gasteiger partial charge in [0.15, 0.2) is 0 Å². The number of anilines is 2. The first-order chi connectivity index (χ1) is 12.9. The van der Waals surface area contributed by atoms with Gasteiger partial charge in [-0.15, -0.1) is 0 Å². The van der Waals surface area contributed by atoms with Crippen molar-refractivity contribution in [3.8, 4) is 0 Å². The molecule has 1 aliphatic heterocycles. The predicted octanol–water partition coefficient (Wildman–Crippen LogP) is 3.08. The third-order valence-electron chi connectivity index (χ3n) is 5.02. The van der Waals surface area contributed by atoms with Crippen molar-refractivity contribution in [1.82, 2.24) is 19.8 Å². The van der Waals surface area contributed by atoms with E-state index >= 15 is 0 Å². The normalized spacial score (nSPS) is 16.6. The molecule has 4 N–H and O–H groups in total. The second-order valence-electron chi connectivity index (χ2n) is 7.22. The number of rotatable bonds is 8. The van der Waals surface area contributed by atoms with Crippen LogP contribution >= 0.6 is 0 Å². The molecule has 1 saturated heterocycles. The van der Waals surface area contributed by atoms with E-state index in [4.69, 9.17) is 11.1 Å². The Morgan fingerprint density at radius 1 is 1.33 bits per heavy atom. The molecule has 0 aromatic carbocycles. The van der Waals surface area contributed by atoms with Crippen LogP contribution in [0.25, 0.3) is 0 Å². The number of nitrogens with two attached hydrogens (primary N) is 1. The smallest absolute Gasteiger partial charge is 0.140 e. The van der Waals surface area contributed by atoms with Crippen LogP contribution in [-0.4, -0.2) is 71.3 Å². The van der Waals surface area contributed by atoms with Crippen LogP contribution in [0.4, 0.5) is 11.6 Å². The highest BCUT2D eigenvalue weighted by molar-refractivity contribution is 6.04. The van der Waals surface area contributed by atoms with E-state index in [1.807, 2.05) is 13.8 Å². The molecule has 1 aromatic rings. The zero-order valence-electron chi connectivity index (χ0n) is 18.0. The summed E-state index contributed by atoms with van der Waals surface area (Å²) in [6.07, 6.45) is 6.05. The van der Waals surface area contributed by atoms with Gasteiger partial charge < -0.3 is 26.3 Å². The molecule has 0 radical (unpaired) electrons. The fraction of sp³-hybridized carbons (Fsp3) is 0.750. The molecule has 0 spiro atoms. The summed E-state index contributed by atoms with van der Waals surface area (Å²) >= 11 is 0. The Kier molecular flexibility index (Phi) is 10.3. The summed E-state index contributed by atoms with van der Waals surface area (Å²) < 4.78 is 0. The van der Waals surface area contributed by atoms with E-state index in [-0.39, 0.29) is 0 Å². The summed E-state index contributed by atoms with van der Waals surface area (Å²) in [6.45, 7) is 11.3. The molecule has 0 saturated carbocycles. The molecule has 1 atom stereocenters. The molecular weight excluding hydrogens is 338 g/mol. The number of nitrogens with one attached hydrogen (secondary N) is 2. The Hall–Kier alpha value is -1.73. The van der Waals surface area contributed by atoms with Gasteiger partial charge in [0.05, 0.1) is 5.56 Å². The van der Waals surface area contributed by atoms with E-state index in [0.29, 0.717) is 35.0 Å². The van der Waals surface area contributed by atoms with Crippen molar-refractivity contribution in [1.29, 1.82) is 5.41 Å². The first kappa shape index (κ1) is 23.3. The fourth-order valence-corrected chi connectivity index (χ4v) is 3.53. The minimum absolute atomic E-state index is 0.370. The molecule has 0 bridgehead atoms. The number of nitrogen functional groups attached to an aromatic ring is 1. The minimum atomic E-state index is 0.370. The number of nitrogens with zero attached hydrogens (tertiary/aromatic N) is 4. The second kappa shape index (κ2) is 11.9. The van der Waals surface area contributed by atoms with Crippen LogP contribution in [0.3, 0.4) is 0 Å². The molecule has 27 heavy (non-hydrogen) atoms. The second-order valence-corrected chi connectivity index (χ2v) is 7.22. The SMILES string of the molecule is CC.CCC(CCN(C)C)N1CCC(Nc2ncnc(N)c2C(C)=N)CC1. The van der Waals surface area contributed by atoms with Crippen LogP contribution in [0.2, 0.25) is 0 Å². The average Bonchev–Trinajstić information content (AvgIpc) is 2.64. The number of hydrogen-bond acceptors (Lipinski definition) is 7. The summed E-state index contributed by atoms with van der Waals surface area (Å²) in [4.78, 5) is 13.2. The van der Waals surface area contributed by atoms with E-state index in [0.717, 1.165) is 32.5 Å². The van der Waals surface area contributed by atoms with Crippen LogP contribution in [0.1, 0.15) is 58.9 Å². The zero-order chi connectivity index (χ0) is 20.4. The summed E-state index contributed by atoms with van der Waals surface area (Å²) in [7, 11) is 4.28. The fourth-order valence-electron chi connectivity index (χ4n) is 3.53. The van der Waals surface area contributed by atoms with Crippen molar-refractivity contribution in [2.45, 2.75) is 65.5 Å². The van der Waals surface area contributed by atoms with Crippen LogP contribution in [0.5, 0.6) is 0 Å². The van der Waals surface area contributed by atoms with Crippen molar-refractivity contribution < 1.29 is 0 Å². The Morgan fingerprint density at radius 3 is 2.48 bits per heavy atom. The standard InChI is InChI=1S/C18H33N7.C2H6/c1-5-15(8-9-24(3)4)25-10-6-14(7-11-25)23-18-16(13(2)19)17(20)21-12-22-18;1-2/h12,14-15,19H,5-11H2,1-4H3,(H3,20,21,22,23);1-2H3. The van der Waals surface area contributed by atoms with Gasteiger partial charge in [0.25, 0.3) is 0 Å². The molecule has 154 valence electrons. The largest absolute Gasteiger partial charge is 0.383 e. The first-order valence-corrected chi connectivity index (χ1v) is 10.2. The van der Waals surface area contributed by atoms with Crippen LogP contribution in [0, 0.1) is 5.41 Å². The van der Waals surface area contributed by atoms with Gasteiger partial charge in [-0.1, -0.05) is 20.8 Å². The Balaban J connectivity index is 0.00000176. The average molecular weight is 378 g/mol. The van der Waals surface area contributed by atoms with Gasteiger partial charge in [-0.25, -0.2) is 9.97 Å². The zero-order valence-corrected chi connectivity index (χ0v) is 18.0. The molecule has 2 heterocycles. The molecule has 0 aliphatic carbocycles. The highest BCUT2D eigenvalue weighted by Crippen LogP contribution is 2.23. The van der Waals surface area contributed by atoms with Crippen molar-refractivity contribution in [3.63, 3.8) is 0 Å². The van der Waals surface area contributed by atoms with Crippen molar-refractivity contribution in [3.05, 3.63) is 11.9 Å². The molecule has 1 aliphatic rings. The highest BCUT2D eigenvalue weighted by atomic mass is 15.2. The van der Waals surface area contributed by atoms with Crippen molar-refractivity contribution in [2.24, 2.45) is 0 Å². The molecule has 1 aromatic heterocycles. The third kappa shape index (κ3) is 7.07. The van der Waals surface area contributed by atoms with E-state index < -0.39 is 0 Å². The van der Waals surface area contributed by atoms with Gasteiger partial charge in [-0.3, -0.25) is 0 Å². The molecule has 7 heteroatoms. The number of piperidine rings is 1. The quantitative estimate of drug-likeness (QED) is 0.603. The lowest BCUT2D eigenvalue weighted by molar-refractivity contribution is 0.138. The van der Waals surface area contributed by atoms with Gasteiger partial charge in [0, 0.05) is 30.9 Å². The molecule has 1 fully saturated rings. The van der Waals surface area contributed by atoms with Gasteiger partial charge in [-0.05, 0) is 53.2 Å². The third-order valence-corrected chi connectivity index (χ3v) is 5.02. The highest BCUT2D eigenvalue weighted by Gasteiger charge is 2.25. The topological polar surface area (TPSA) is 94.2 Å². The monoisotopic (exact) mass is 377 g/mol. The molecule has 7 nitrogen and oxygen atoms in total. The van der Waals surface area contributed by atoms with E-state index in [9.17, 15) is 0 Å². The summed E-state index contributed by atoms with van der Waals surface area (Å²) in [6, 6.07) is 1.03. The number of hydrogen-bond donors (Lipinski definition) is 3. The van der Waals surface area contributed by atoms with Crippen LogP contribution in [0.15, 0.2) is 6.33 Å². The maximum atomic E-state index is 7.92. The van der Waals surface area contributed by atoms with E-state index in [1.54, 1.807) is 6.92 Å². The number of likely N-dealkylation sites (tertiary alicyclic amines) is 1. The summed E-state index contributed by atoms with van der Waals surface area (Å²) in [5.74, 6) is 1.07. The van der Waals surface area contributed by atoms with Crippen LogP contribution in [-0.2, 0) is 0 Å². The van der Waals surface area contributed by atoms with E-state index in [1.165, 1.54) is 19.2 Å². The lowest BCUT2D eigenvalue weighted by Gasteiger charge is -2.38. The first-order valence-electron chi connectivity index (χ1n) is 10.2. The number of aromatic nitrogens is 2. The lowest BCUT2D eigenvalue weighted by Crippen LogP contribution is -2.45. The Morgan fingerprint density at radius 2 is 1.96 bits per heavy atom. The summed E-state index contributed by atoms with van der Waals surface area (Å²) in [5, 5.41) is 11.4. The summed E-state index contributed by atoms with van der Waals surface area (Å²) in [5.41, 5.74) is 6.94. The van der Waals surface area contributed by atoms with Crippen LogP contribution < -0.4 is 11.1 Å². The predicted molar refractivity (Wildman–Crippen MR) is 116 cm³/mol. The lowest BCUT2D eigenvalue weighted by atomic mass is 10.00. The molecule has 2 rings (SSSR count). The van der Waals surface area contributed by atoms with Gasteiger partial charge in [0.1, 0.15) is 18.0 Å². The van der Waals surface area contributed by atoms with Crippen molar-refractivity contribution in [2.75, 3.05) is 44.8 Å². The van der Waals surface area contributed by atoms with Gasteiger partial charge in [0.2, 0.25) is 0 Å². The van der Waals surface area contributed by atoms with E-state index in [2.05, 4.69) is 46.1 Å². The molecule has 0 amide bonds.